The predicted octanol–water partition coefficient (Wildman–Crippen LogP) is 8.16. The van der Waals surface area contributed by atoms with Gasteiger partial charge in [-0.3, -0.25) is 0 Å². The molecule has 2 heterocycles. The predicted molar refractivity (Wildman–Crippen MR) is 139 cm³/mol. The Morgan fingerprint density at radius 1 is 0.824 bits per heavy atom. The van der Waals surface area contributed by atoms with Gasteiger partial charge in [0, 0.05) is 23.4 Å². The van der Waals surface area contributed by atoms with Gasteiger partial charge < -0.3 is 5.32 Å². The van der Waals surface area contributed by atoms with Gasteiger partial charge in [0.15, 0.2) is 0 Å². The number of halogens is 1. The van der Waals surface area contributed by atoms with Crippen LogP contribution in [0.25, 0.3) is 32.3 Å². The van der Waals surface area contributed by atoms with E-state index >= 15 is 0 Å². The first-order valence-corrected chi connectivity index (χ1v) is 12.0. The van der Waals surface area contributed by atoms with E-state index < -0.39 is 0 Å². The second kappa shape index (κ2) is 9.57. The van der Waals surface area contributed by atoms with Gasteiger partial charge in [0.05, 0.1) is 10.6 Å². The van der Waals surface area contributed by atoms with Gasteiger partial charge >= 0.3 is 0 Å². The summed E-state index contributed by atoms with van der Waals surface area (Å²) in [5.74, 6) is 0.553. The van der Waals surface area contributed by atoms with E-state index in [2.05, 4.69) is 60.5 Å². The molecule has 0 bridgehead atoms. The number of benzene rings is 3. The molecule has 0 aliphatic carbocycles. The molecule has 0 fully saturated rings. The topological polar surface area (TPSA) is 37.8 Å². The Labute approximate surface area is 203 Å². The molecule has 3 aromatic carbocycles. The van der Waals surface area contributed by atoms with Crippen LogP contribution in [0.3, 0.4) is 0 Å². The third-order valence-corrected chi connectivity index (χ3v) is 6.85. The summed E-state index contributed by atoms with van der Waals surface area (Å²) < 4.78 is 13.5. The van der Waals surface area contributed by atoms with Gasteiger partial charge in [-0.05, 0) is 67.4 Å². The second-order valence-corrected chi connectivity index (χ2v) is 9.28. The highest BCUT2D eigenvalue weighted by Gasteiger charge is 2.17. The summed E-state index contributed by atoms with van der Waals surface area (Å²) in [6, 6.07) is 29.4. The van der Waals surface area contributed by atoms with Crippen molar-refractivity contribution in [3.8, 4) is 32.3 Å². The Kier molecular flexibility index (Phi) is 6.19. The maximum absolute atomic E-state index is 13.5. The molecule has 5 rings (SSSR count). The average molecular weight is 466 g/mol. The first-order valence-electron chi connectivity index (χ1n) is 11.2. The van der Waals surface area contributed by atoms with Crippen molar-refractivity contribution in [2.45, 2.75) is 19.9 Å². The van der Waals surface area contributed by atoms with Crippen molar-refractivity contribution < 1.29 is 4.39 Å². The van der Waals surface area contributed by atoms with Crippen LogP contribution in [0, 0.1) is 12.7 Å². The number of pyridine rings is 1. The van der Waals surface area contributed by atoms with Crippen molar-refractivity contribution >= 4 is 17.2 Å². The number of nitrogens with zero attached hydrogens (tertiary/aromatic N) is 2. The molecule has 5 heteroatoms. The number of aryl methyl sites for hydroxylation is 1. The summed E-state index contributed by atoms with van der Waals surface area (Å²) in [5, 5.41) is 4.37. The molecule has 1 atom stereocenters. The molecule has 2 aromatic heterocycles. The van der Waals surface area contributed by atoms with E-state index in [4.69, 9.17) is 4.98 Å². The number of anilines is 1. The lowest BCUT2D eigenvalue weighted by atomic mass is 10.1. The minimum absolute atomic E-state index is 0.122. The van der Waals surface area contributed by atoms with Crippen LogP contribution in [0.4, 0.5) is 10.2 Å². The molecule has 0 aliphatic rings. The monoisotopic (exact) mass is 465 g/mol. The van der Waals surface area contributed by atoms with E-state index in [-0.39, 0.29) is 11.9 Å². The summed E-state index contributed by atoms with van der Waals surface area (Å²) in [5.41, 5.74) is 6.29. The third kappa shape index (κ3) is 4.75. The summed E-state index contributed by atoms with van der Waals surface area (Å²) in [6.45, 7) is 4.21. The summed E-state index contributed by atoms with van der Waals surface area (Å²) in [4.78, 5) is 10.6. The highest BCUT2D eigenvalue weighted by Crippen LogP contribution is 2.41. The standard InChI is InChI=1S/C29H24FN3S/c1-19-7-6-10-23(17-19)27-28(34-29(33-27)22-11-13-25(30)14-12-22)24-15-16-31-26(18-24)32-20(2)21-8-4-3-5-9-21/h3-18,20H,1-2H3,(H,31,32). The molecule has 0 spiro atoms. The highest BCUT2D eigenvalue weighted by molar-refractivity contribution is 7.19. The van der Waals surface area contributed by atoms with Crippen molar-refractivity contribution in [2.75, 3.05) is 5.32 Å². The molecule has 5 aromatic rings. The van der Waals surface area contributed by atoms with E-state index in [1.807, 2.05) is 36.5 Å². The zero-order valence-electron chi connectivity index (χ0n) is 19.0. The Bertz CT molecular complexity index is 1410. The third-order valence-electron chi connectivity index (χ3n) is 5.70. The molecule has 0 saturated carbocycles. The normalized spacial score (nSPS) is 11.9. The summed E-state index contributed by atoms with van der Waals surface area (Å²) in [7, 11) is 0. The highest BCUT2D eigenvalue weighted by atomic mass is 32.1. The van der Waals surface area contributed by atoms with Gasteiger partial charge in [0.2, 0.25) is 0 Å². The van der Waals surface area contributed by atoms with Crippen LogP contribution in [0.2, 0.25) is 0 Å². The molecular formula is C29H24FN3S. The first kappa shape index (κ1) is 22.0. The van der Waals surface area contributed by atoms with Gasteiger partial charge in [-0.25, -0.2) is 14.4 Å². The second-order valence-electron chi connectivity index (χ2n) is 8.28. The fourth-order valence-corrected chi connectivity index (χ4v) is 5.01. The molecule has 0 amide bonds. The molecular weight excluding hydrogens is 441 g/mol. The smallest absolute Gasteiger partial charge is 0.126 e. The van der Waals surface area contributed by atoms with Crippen LogP contribution >= 0.6 is 11.3 Å². The maximum Gasteiger partial charge on any atom is 0.126 e. The quantitative estimate of drug-likeness (QED) is 0.275. The lowest BCUT2D eigenvalue weighted by Crippen LogP contribution is -2.07. The Hall–Kier alpha value is -3.83. The van der Waals surface area contributed by atoms with Crippen LogP contribution < -0.4 is 5.32 Å². The van der Waals surface area contributed by atoms with Crippen LogP contribution in [0.15, 0.2) is 97.2 Å². The lowest BCUT2D eigenvalue weighted by molar-refractivity contribution is 0.628. The van der Waals surface area contributed by atoms with Crippen molar-refractivity contribution in [2.24, 2.45) is 0 Å². The number of aromatic nitrogens is 2. The Morgan fingerprint density at radius 3 is 2.38 bits per heavy atom. The number of hydrogen-bond donors (Lipinski definition) is 1. The number of rotatable bonds is 6. The van der Waals surface area contributed by atoms with Gasteiger partial charge in [0.25, 0.3) is 0 Å². The average Bonchev–Trinajstić information content (AvgIpc) is 3.31. The molecule has 0 aliphatic heterocycles. The largest absolute Gasteiger partial charge is 0.364 e. The Morgan fingerprint density at radius 2 is 1.62 bits per heavy atom. The van der Waals surface area contributed by atoms with Gasteiger partial charge in [-0.15, -0.1) is 11.3 Å². The zero-order chi connectivity index (χ0) is 23.5. The van der Waals surface area contributed by atoms with Crippen molar-refractivity contribution in [3.63, 3.8) is 0 Å². The SMILES string of the molecule is Cc1cccc(-c2nc(-c3ccc(F)cc3)sc2-c2ccnc(NC(C)c3ccccc3)c2)c1. The van der Waals surface area contributed by atoms with Crippen LogP contribution in [-0.2, 0) is 0 Å². The van der Waals surface area contributed by atoms with Gasteiger partial charge in [0.1, 0.15) is 16.6 Å². The summed E-state index contributed by atoms with van der Waals surface area (Å²) >= 11 is 1.61. The number of nitrogens with one attached hydrogen (secondary N) is 1. The minimum Gasteiger partial charge on any atom is -0.364 e. The molecule has 34 heavy (non-hydrogen) atoms. The van der Waals surface area contributed by atoms with Crippen molar-refractivity contribution in [1.82, 2.24) is 9.97 Å². The van der Waals surface area contributed by atoms with E-state index in [0.29, 0.717) is 0 Å². The van der Waals surface area contributed by atoms with E-state index in [0.717, 1.165) is 38.1 Å². The minimum atomic E-state index is -0.253. The van der Waals surface area contributed by atoms with Crippen LogP contribution in [-0.4, -0.2) is 9.97 Å². The van der Waals surface area contributed by atoms with Crippen LogP contribution in [0.1, 0.15) is 24.1 Å². The number of thiazole rings is 1. The van der Waals surface area contributed by atoms with Crippen LogP contribution in [0.5, 0.6) is 0 Å². The molecule has 3 nitrogen and oxygen atoms in total. The molecule has 168 valence electrons. The molecule has 1 N–H and O–H groups in total. The number of hydrogen-bond acceptors (Lipinski definition) is 4. The van der Waals surface area contributed by atoms with E-state index in [9.17, 15) is 4.39 Å². The first-order chi connectivity index (χ1) is 16.6. The van der Waals surface area contributed by atoms with E-state index in [1.165, 1.54) is 23.3 Å². The van der Waals surface area contributed by atoms with Crippen molar-refractivity contribution in [1.29, 1.82) is 0 Å². The maximum atomic E-state index is 13.5. The fourth-order valence-electron chi connectivity index (χ4n) is 3.92. The summed E-state index contributed by atoms with van der Waals surface area (Å²) in [6.07, 6.45) is 1.83. The zero-order valence-corrected chi connectivity index (χ0v) is 19.8. The molecule has 0 radical (unpaired) electrons. The van der Waals surface area contributed by atoms with Gasteiger partial charge in [-0.2, -0.15) is 0 Å². The van der Waals surface area contributed by atoms with E-state index in [1.54, 1.807) is 23.5 Å². The van der Waals surface area contributed by atoms with Crippen molar-refractivity contribution in [3.05, 3.63) is 114 Å². The molecule has 1 unspecified atom stereocenters. The Balaban J connectivity index is 1.56. The lowest BCUT2D eigenvalue weighted by Gasteiger charge is -2.15. The van der Waals surface area contributed by atoms with Gasteiger partial charge in [-0.1, -0.05) is 54.1 Å². The molecule has 0 saturated heterocycles. The fraction of sp³-hybridized carbons (Fsp3) is 0.103.